The van der Waals surface area contributed by atoms with Crippen LogP contribution in [0.3, 0.4) is 0 Å². The zero-order valence-corrected chi connectivity index (χ0v) is 16.6. The highest BCUT2D eigenvalue weighted by Crippen LogP contribution is 2.45. The van der Waals surface area contributed by atoms with Gasteiger partial charge >= 0.3 is 5.97 Å². The number of methoxy groups -OCH3 is 1. The van der Waals surface area contributed by atoms with E-state index in [-0.39, 0.29) is 40.6 Å². The summed E-state index contributed by atoms with van der Waals surface area (Å²) in [6, 6.07) is 3.10. The Morgan fingerprint density at radius 2 is 2.04 bits per heavy atom. The van der Waals surface area contributed by atoms with E-state index < -0.39 is 17.8 Å². The third kappa shape index (κ3) is 3.46. The molecule has 1 aromatic carbocycles. The number of phenolic OH excluding ortho intramolecular Hbond substituents is 1. The number of ketones is 1. The molecule has 1 aromatic rings. The maximum absolute atomic E-state index is 13.2. The molecule has 0 aromatic heterocycles. The van der Waals surface area contributed by atoms with Crippen molar-refractivity contribution in [1.29, 1.82) is 0 Å². The third-order valence-corrected chi connectivity index (χ3v) is 5.49. The zero-order valence-electron chi connectivity index (χ0n) is 15.9. The SMILES string of the molecule is CCOc1cc([C@H]2CC(=O)NC3=C2C(=O)[C@H](C(=O)OC)[C@H](C)C3)cc(Cl)c1O. The lowest BCUT2D eigenvalue weighted by molar-refractivity contribution is -0.151. The molecular formula is C20H22ClNO6. The number of nitrogens with one attached hydrogen (secondary N) is 1. The number of rotatable bonds is 4. The van der Waals surface area contributed by atoms with Gasteiger partial charge in [-0.3, -0.25) is 14.4 Å². The molecule has 28 heavy (non-hydrogen) atoms. The van der Waals surface area contributed by atoms with Crippen LogP contribution in [-0.2, 0) is 19.1 Å². The van der Waals surface area contributed by atoms with Gasteiger partial charge in [0, 0.05) is 23.6 Å². The van der Waals surface area contributed by atoms with Crippen molar-refractivity contribution >= 4 is 29.3 Å². The molecule has 7 nitrogen and oxygen atoms in total. The molecule has 1 aliphatic carbocycles. The fraction of sp³-hybridized carbons (Fsp3) is 0.450. The molecule has 1 amide bonds. The third-order valence-electron chi connectivity index (χ3n) is 5.20. The number of phenols is 1. The fourth-order valence-electron chi connectivity index (χ4n) is 3.94. The van der Waals surface area contributed by atoms with Crippen molar-refractivity contribution in [1.82, 2.24) is 5.32 Å². The molecule has 1 heterocycles. The normalized spacial score (nSPS) is 24.5. The molecule has 0 bridgehead atoms. The van der Waals surface area contributed by atoms with E-state index in [9.17, 15) is 19.5 Å². The largest absolute Gasteiger partial charge is 0.503 e. The van der Waals surface area contributed by atoms with Crippen LogP contribution in [-0.4, -0.2) is 36.5 Å². The van der Waals surface area contributed by atoms with E-state index in [0.29, 0.717) is 29.9 Å². The van der Waals surface area contributed by atoms with E-state index in [2.05, 4.69) is 5.32 Å². The van der Waals surface area contributed by atoms with Gasteiger partial charge < -0.3 is 19.9 Å². The Labute approximate surface area is 167 Å². The van der Waals surface area contributed by atoms with Gasteiger partial charge in [0.2, 0.25) is 5.91 Å². The number of halogens is 1. The highest BCUT2D eigenvalue weighted by atomic mass is 35.5. The molecule has 3 rings (SSSR count). The van der Waals surface area contributed by atoms with E-state index in [1.165, 1.54) is 13.2 Å². The molecule has 8 heteroatoms. The van der Waals surface area contributed by atoms with Gasteiger partial charge in [-0.15, -0.1) is 0 Å². The Bertz CT molecular complexity index is 878. The molecular weight excluding hydrogens is 386 g/mol. The lowest BCUT2D eigenvalue weighted by Crippen LogP contribution is -2.44. The monoisotopic (exact) mass is 407 g/mol. The summed E-state index contributed by atoms with van der Waals surface area (Å²) in [6.45, 7) is 3.86. The second kappa shape index (κ2) is 7.83. The summed E-state index contributed by atoms with van der Waals surface area (Å²) < 4.78 is 10.2. The van der Waals surface area contributed by atoms with Crippen molar-refractivity contribution in [2.24, 2.45) is 11.8 Å². The summed E-state index contributed by atoms with van der Waals surface area (Å²) in [6.07, 6.45) is 0.409. The predicted octanol–water partition coefficient (Wildman–Crippen LogP) is 2.70. The summed E-state index contributed by atoms with van der Waals surface area (Å²) in [5.74, 6) is -2.97. The average Bonchev–Trinajstić information content (AvgIpc) is 2.64. The number of carbonyl (C=O) groups excluding carboxylic acids is 3. The van der Waals surface area contributed by atoms with Crippen LogP contribution in [0.5, 0.6) is 11.5 Å². The van der Waals surface area contributed by atoms with Crippen molar-refractivity contribution in [2.75, 3.05) is 13.7 Å². The first kappa shape index (κ1) is 20.2. The molecule has 2 aliphatic rings. The second-order valence-corrected chi connectivity index (χ2v) is 7.43. The zero-order chi connectivity index (χ0) is 20.6. The Hall–Kier alpha value is -2.54. The lowest BCUT2D eigenvalue weighted by atomic mass is 9.70. The number of allylic oxidation sites excluding steroid dienone is 2. The molecule has 2 N–H and O–H groups in total. The van der Waals surface area contributed by atoms with Crippen LogP contribution in [0, 0.1) is 11.8 Å². The topological polar surface area (TPSA) is 102 Å². The van der Waals surface area contributed by atoms with Crippen LogP contribution in [0.2, 0.25) is 5.02 Å². The first-order valence-electron chi connectivity index (χ1n) is 9.08. The van der Waals surface area contributed by atoms with Gasteiger partial charge in [-0.1, -0.05) is 18.5 Å². The number of carbonyl (C=O) groups is 3. The Morgan fingerprint density at radius 1 is 1.32 bits per heavy atom. The van der Waals surface area contributed by atoms with Gasteiger partial charge in [0.05, 0.1) is 18.7 Å². The van der Waals surface area contributed by atoms with Crippen LogP contribution in [0.15, 0.2) is 23.4 Å². The quantitative estimate of drug-likeness (QED) is 0.587. The summed E-state index contributed by atoms with van der Waals surface area (Å²) in [4.78, 5) is 37.7. The number of hydrogen-bond donors (Lipinski definition) is 2. The standard InChI is InChI=1S/C20H22ClNO6/c1-4-28-14-7-10(6-12(21)18(14)24)11-8-15(23)22-13-5-9(2)16(20(26)27-3)19(25)17(11)13/h6-7,9,11,16,24H,4-5,8H2,1-3H3,(H,22,23)/t9-,11-,16-/m1/s1. The predicted molar refractivity (Wildman–Crippen MR) is 101 cm³/mol. The van der Waals surface area contributed by atoms with Crippen molar-refractivity contribution < 1.29 is 29.0 Å². The van der Waals surface area contributed by atoms with Crippen LogP contribution >= 0.6 is 11.6 Å². The first-order valence-corrected chi connectivity index (χ1v) is 9.46. The number of hydrogen-bond acceptors (Lipinski definition) is 6. The average molecular weight is 408 g/mol. The van der Waals surface area contributed by atoms with Gasteiger partial charge in [-0.2, -0.15) is 0 Å². The van der Waals surface area contributed by atoms with E-state index in [1.54, 1.807) is 19.9 Å². The van der Waals surface area contributed by atoms with Crippen LogP contribution in [0.25, 0.3) is 0 Å². The molecule has 0 saturated carbocycles. The molecule has 0 fully saturated rings. The van der Waals surface area contributed by atoms with Gasteiger partial charge in [0.15, 0.2) is 17.3 Å². The molecule has 0 unspecified atom stereocenters. The summed E-state index contributed by atoms with van der Waals surface area (Å²) >= 11 is 6.14. The number of benzene rings is 1. The lowest BCUT2D eigenvalue weighted by Gasteiger charge is -2.36. The molecule has 3 atom stereocenters. The Morgan fingerprint density at radius 3 is 2.68 bits per heavy atom. The fourth-order valence-corrected chi connectivity index (χ4v) is 4.16. The number of esters is 1. The number of aromatic hydroxyl groups is 1. The second-order valence-electron chi connectivity index (χ2n) is 7.03. The van der Waals surface area contributed by atoms with E-state index in [4.69, 9.17) is 21.1 Å². The van der Waals surface area contributed by atoms with E-state index in [0.717, 1.165) is 0 Å². The van der Waals surface area contributed by atoms with Crippen molar-refractivity contribution in [3.8, 4) is 11.5 Å². The summed E-state index contributed by atoms with van der Waals surface area (Å²) in [5, 5.41) is 12.9. The van der Waals surface area contributed by atoms with Gasteiger partial charge in [0.25, 0.3) is 0 Å². The maximum Gasteiger partial charge on any atom is 0.316 e. The van der Waals surface area contributed by atoms with Crippen LogP contribution in [0.4, 0.5) is 0 Å². The molecule has 150 valence electrons. The summed E-state index contributed by atoms with van der Waals surface area (Å²) in [7, 11) is 1.25. The number of Topliss-reactive ketones (excluding diaryl/α,β-unsaturated/α-hetero) is 1. The highest BCUT2D eigenvalue weighted by Gasteiger charge is 2.45. The van der Waals surface area contributed by atoms with E-state index in [1.807, 2.05) is 0 Å². The maximum atomic E-state index is 13.2. The molecule has 0 radical (unpaired) electrons. The number of amides is 1. The molecule has 0 saturated heterocycles. The molecule has 0 spiro atoms. The first-order chi connectivity index (χ1) is 13.3. The molecule has 1 aliphatic heterocycles. The Kier molecular flexibility index (Phi) is 5.65. The number of ether oxygens (including phenoxy) is 2. The van der Waals surface area contributed by atoms with Crippen LogP contribution in [0.1, 0.15) is 38.2 Å². The Balaban J connectivity index is 2.11. The van der Waals surface area contributed by atoms with E-state index >= 15 is 0 Å². The minimum atomic E-state index is -0.916. The van der Waals surface area contributed by atoms with Gasteiger partial charge in [-0.05, 0) is 37.0 Å². The van der Waals surface area contributed by atoms with Crippen molar-refractivity contribution in [3.05, 3.63) is 34.0 Å². The van der Waals surface area contributed by atoms with Gasteiger partial charge in [-0.25, -0.2) is 0 Å². The smallest absolute Gasteiger partial charge is 0.316 e. The minimum Gasteiger partial charge on any atom is -0.503 e. The van der Waals surface area contributed by atoms with Crippen molar-refractivity contribution in [3.63, 3.8) is 0 Å². The minimum absolute atomic E-state index is 0.0273. The highest BCUT2D eigenvalue weighted by molar-refractivity contribution is 6.32. The van der Waals surface area contributed by atoms with Crippen LogP contribution < -0.4 is 10.1 Å². The summed E-state index contributed by atoms with van der Waals surface area (Å²) in [5.41, 5.74) is 1.48. The van der Waals surface area contributed by atoms with Crippen molar-refractivity contribution in [2.45, 2.75) is 32.6 Å². The van der Waals surface area contributed by atoms with Gasteiger partial charge in [0.1, 0.15) is 5.92 Å².